The second kappa shape index (κ2) is 12.8. The fraction of sp³-hybridized carbons (Fsp3) is 0.121. The van der Waals surface area contributed by atoms with Gasteiger partial charge in [0, 0.05) is 41.8 Å². The Bertz CT molecular complexity index is 1730. The van der Waals surface area contributed by atoms with Crippen molar-refractivity contribution in [3.05, 3.63) is 102 Å². The van der Waals surface area contributed by atoms with Gasteiger partial charge in [-0.05, 0) is 35.8 Å². The van der Waals surface area contributed by atoms with Crippen LogP contribution in [0.5, 0.6) is 0 Å². The number of carbonyl (C=O) groups is 3. The molecule has 216 valence electrons. The number of likely N-dealkylation sites (N-methyl/N-ethyl adjacent to an activating group) is 1. The van der Waals surface area contributed by atoms with Crippen LogP contribution in [0, 0.1) is 0 Å². The number of imidazole rings is 1. The minimum atomic E-state index is -1.05. The first-order valence-electron chi connectivity index (χ1n) is 13.5. The summed E-state index contributed by atoms with van der Waals surface area (Å²) in [6.45, 7) is 2.42. The van der Waals surface area contributed by atoms with Crippen molar-refractivity contribution in [3.63, 3.8) is 0 Å². The Morgan fingerprint density at radius 3 is 2.02 bits per heavy atom. The van der Waals surface area contributed by atoms with Crippen molar-refractivity contribution < 1.29 is 29.4 Å². The largest absolute Gasteiger partial charge is 0.478 e. The van der Waals surface area contributed by atoms with Crippen LogP contribution in [0.1, 0.15) is 30.0 Å². The molecule has 0 fully saturated rings. The summed E-state index contributed by atoms with van der Waals surface area (Å²) in [5.74, 6) is -1.61. The molecule has 0 radical (unpaired) electrons. The molecule has 1 amide bonds. The third kappa shape index (κ3) is 6.94. The topological polar surface area (TPSA) is 154 Å². The minimum absolute atomic E-state index is 0.160. The van der Waals surface area contributed by atoms with E-state index in [1.807, 2.05) is 79.7 Å². The van der Waals surface area contributed by atoms with Gasteiger partial charge in [-0.2, -0.15) is 0 Å². The van der Waals surface area contributed by atoms with Crippen LogP contribution >= 0.6 is 0 Å². The fourth-order valence-corrected chi connectivity index (χ4v) is 4.51. The van der Waals surface area contributed by atoms with Crippen molar-refractivity contribution in [2.45, 2.75) is 19.4 Å². The zero-order chi connectivity index (χ0) is 30.3. The summed E-state index contributed by atoms with van der Waals surface area (Å²) in [5.41, 5.74) is 6.96. The van der Waals surface area contributed by atoms with Gasteiger partial charge in [-0.25, -0.2) is 14.6 Å². The summed E-state index contributed by atoms with van der Waals surface area (Å²) in [6.07, 6.45) is 5.06. The first-order valence-corrected chi connectivity index (χ1v) is 13.5. The van der Waals surface area contributed by atoms with Crippen LogP contribution in [0.25, 0.3) is 46.1 Å². The number of aromatic nitrogens is 2. The number of carboxylic acids is 2. The van der Waals surface area contributed by atoms with Gasteiger partial charge < -0.3 is 25.4 Å². The molecule has 0 bridgehead atoms. The molecule has 10 nitrogen and oxygen atoms in total. The maximum absolute atomic E-state index is 11.8. The highest BCUT2D eigenvalue weighted by molar-refractivity contribution is 6.03. The van der Waals surface area contributed by atoms with Crippen LogP contribution in [-0.4, -0.2) is 56.4 Å². The molecule has 1 atom stereocenters. The molecule has 0 spiro atoms. The van der Waals surface area contributed by atoms with Crippen LogP contribution in [0.4, 0.5) is 0 Å². The first kappa shape index (κ1) is 28.7. The smallest absolute Gasteiger partial charge is 0.348 e. The Balaban J connectivity index is 1.47. The van der Waals surface area contributed by atoms with Gasteiger partial charge in [0.1, 0.15) is 5.82 Å². The van der Waals surface area contributed by atoms with Crippen molar-refractivity contribution in [3.8, 4) is 33.9 Å². The van der Waals surface area contributed by atoms with Gasteiger partial charge in [-0.3, -0.25) is 4.79 Å². The Hall–Kier alpha value is -5.77. The molecule has 0 saturated carbocycles. The molecule has 5 rings (SSSR count). The van der Waals surface area contributed by atoms with Crippen LogP contribution in [-0.2, 0) is 19.2 Å². The second-order valence-electron chi connectivity index (χ2n) is 9.70. The lowest BCUT2D eigenvalue weighted by atomic mass is 10.0. The van der Waals surface area contributed by atoms with Gasteiger partial charge in [0.05, 0.1) is 17.1 Å². The Morgan fingerprint density at radius 2 is 1.44 bits per heavy atom. The molecule has 3 aromatic carbocycles. The number of H-pyrrole nitrogens is 1. The van der Waals surface area contributed by atoms with E-state index in [2.05, 4.69) is 15.5 Å². The molecule has 4 N–H and O–H groups in total. The van der Waals surface area contributed by atoms with E-state index < -0.39 is 18.0 Å². The average Bonchev–Trinajstić information content (AvgIpc) is 3.69. The van der Waals surface area contributed by atoms with Crippen molar-refractivity contribution in [1.29, 1.82) is 0 Å². The van der Waals surface area contributed by atoms with Gasteiger partial charge >= 0.3 is 11.9 Å². The van der Waals surface area contributed by atoms with E-state index in [1.54, 1.807) is 6.08 Å². The number of rotatable bonds is 10. The predicted molar refractivity (Wildman–Crippen MR) is 163 cm³/mol. The first-order chi connectivity index (χ1) is 20.8. The van der Waals surface area contributed by atoms with Crippen LogP contribution in [0.3, 0.4) is 0 Å². The zero-order valence-corrected chi connectivity index (χ0v) is 23.2. The number of aliphatic carboxylic acids is 2. The standard InChI is InChI=1S/C33H28N4O6/c1-2-34-28(38)17-7-20-3-9-23(10-4-20)30-31(24-11-5-21(6-12-24)8-18-29(39)40)36-32(35-30)25-15-13-22(14-16-25)26-19-27(33(41)42)43-37-26/h3-18,27H,2,19H2,1H3,(H,34,38)(H,35,36)(H,39,40)(H,41,42)/b17-7+,18-8+. The summed E-state index contributed by atoms with van der Waals surface area (Å²) in [7, 11) is 0. The van der Waals surface area contributed by atoms with Crippen molar-refractivity contribution >= 4 is 35.7 Å². The number of nitrogens with one attached hydrogen (secondary N) is 2. The summed E-state index contributed by atoms with van der Waals surface area (Å²) in [6, 6.07) is 22.6. The van der Waals surface area contributed by atoms with Gasteiger partial charge in [0.2, 0.25) is 12.0 Å². The number of carboxylic acid groups (broad SMARTS) is 2. The number of hydrogen-bond acceptors (Lipinski definition) is 6. The molecule has 1 aromatic heterocycles. The maximum Gasteiger partial charge on any atom is 0.348 e. The molecule has 1 unspecified atom stereocenters. The number of benzene rings is 3. The van der Waals surface area contributed by atoms with E-state index >= 15 is 0 Å². The molecular formula is C33H28N4O6. The lowest BCUT2D eigenvalue weighted by molar-refractivity contribution is -0.148. The van der Waals surface area contributed by atoms with Crippen LogP contribution in [0.15, 0.2) is 90.1 Å². The summed E-state index contributed by atoms with van der Waals surface area (Å²) in [4.78, 5) is 47.3. The van der Waals surface area contributed by atoms with E-state index in [0.29, 0.717) is 23.8 Å². The normalized spacial score (nSPS) is 14.5. The summed E-state index contributed by atoms with van der Waals surface area (Å²) in [5, 5.41) is 24.8. The predicted octanol–water partition coefficient (Wildman–Crippen LogP) is 5.24. The Kier molecular flexibility index (Phi) is 8.57. The third-order valence-electron chi connectivity index (χ3n) is 6.72. The van der Waals surface area contributed by atoms with Crippen LogP contribution < -0.4 is 5.32 Å². The van der Waals surface area contributed by atoms with Gasteiger partial charge in [0.15, 0.2) is 0 Å². The summed E-state index contributed by atoms with van der Waals surface area (Å²) >= 11 is 0. The molecule has 0 aliphatic carbocycles. The van der Waals surface area contributed by atoms with E-state index in [1.165, 1.54) is 12.2 Å². The summed E-state index contributed by atoms with van der Waals surface area (Å²) < 4.78 is 0. The minimum Gasteiger partial charge on any atom is -0.478 e. The average molecular weight is 577 g/mol. The third-order valence-corrected chi connectivity index (χ3v) is 6.72. The lowest BCUT2D eigenvalue weighted by Gasteiger charge is -2.05. The number of aromatic amines is 1. The van der Waals surface area contributed by atoms with E-state index in [9.17, 15) is 19.5 Å². The molecular weight excluding hydrogens is 548 g/mol. The number of hydrogen-bond donors (Lipinski definition) is 4. The Morgan fingerprint density at radius 1 is 0.860 bits per heavy atom. The van der Waals surface area contributed by atoms with E-state index in [4.69, 9.17) is 14.9 Å². The highest BCUT2D eigenvalue weighted by Gasteiger charge is 2.28. The van der Waals surface area contributed by atoms with Crippen molar-refractivity contribution in [1.82, 2.24) is 15.3 Å². The highest BCUT2D eigenvalue weighted by atomic mass is 16.7. The van der Waals surface area contributed by atoms with Crippen LogP contribution in [0.2, 0.25) is 0 Å². The molecule has 2 heterocycles. The van der Waals surface area contributed by atoms with Crippen molar-refractivity contribution in [2.75, 3.05) is 6.54 Å². The molecule has 43 heavy (non-hydrogen) atoms. The van der Waals surface area contributed by atoms with E-state index in [0.717, 1.165) is 45.2 Å². The molecule has 0 saturated heterocycles. The second-order valence-corrected chi connectivity index (χ2v) is 9.70. The SMILES string of the molecule is CCNC(=O)/C=C/c1ccc(-c2nc(-c3ccc(C4=NOC(C(=O)O)C4)cc3)[nH]c2-c2ccc(/C=C/C(=O)O)cc2)cc1. The van der Waals surface area contributed by atoms with Crippen molar-refractivity contribution in [2.24, 2.45) is 5.16 Å². The number of carbonyl (C=O) groups excluding carboxylic acids is 1. The monoisotopic (exact) mass is 576 g/mol. The van der Waals surface area contributed by atoms with E-state index in [-0.39, 0.29) is 12.3 Å². The molecule has 1 aliphatic rings. The van der Waals surface area contributed by atoms with Gasteiger partial charge in [0.25, 0.3) is 0 Å². The highest BCUT2D eigenvalue weighted by Crippen LogP contribution is 2.34. The zero-order valence-electron chi connectivity index (χ0n) is 23.2. The fourth-order valence-electron chi connectivity index (χ4n) is 4.51. The quantitative estimate of drug-likeness (QED) is 0.188. The lowest BCUT2D eigenvalue weighted by Crippen LogP contribution is -2.19. The van der Waals surface area contributed by atoms with Gasteiger partial charge in [-0.15, -0.1) is 0 Å². The number of oxime groups is 1. The molecule has 10 heteroatoms. The molecule has 4 aromatic rings. The Labute approximate surface area is 247 Å². The number of nitrogens with zero attached hydrogens (tertiary/aromatic N) is 2. The van der Waals surface area contributed by atoms with Gasteiger partial charge in [-0.1, -0.05) is 78.0 Å². The maximum atomic E-state index is 11.8. The number of amides is 1. The molecule has 1 aliphatic heterocycles.